The van der Waals surface area contributed by atoms with Gasteiger partial charge < -0.3 is 23.7 Å². The summed E-state index contributed by atoms with van der Waals surface area (Å²) in [6, 6.07) is 13.3. The summed E-state index contributed by atoms with van der Waals surface area (Å²) in [4.78, 5) is 15.2. The molecule has 0 aliphatic carbocycles. The quantitative estimate of drug-likeness (QED) is 0.522. The molecule has 7 nitrogen and oxygen atoms in total. The molecule has 35 heavy (non-hydrogen) atoms. The fourth-order valence-electron chi connectivity index (χ4n) is 4.69. The first kappa shape index (κ1) is 23.6. The Morgan fingerprint density at radius 2 is 1.83 bits per heavy atom. The van der Waals surface area contributed by atoms with Crippen LogP contribution in [0.4, 0.5) is 0 Å². The third kappa shape index (κ3) is 5.27. The summed E-state index contributed by atoms with van der Waals surface area (Å²) in [7, 11) is 0. The van der Waals surface area contributed by atoms with E-state index >= 15 is 0 Å². The van der Waals surface area contributed by atoms with Crippen molar-refractivity contribution in [3.8, 4) is 11.5 Å². The van der Waals surface area contributed by atoms with Crippen molar-refractivity contribution >= 4 is 22.8 Å². The number of benzene rings is 2. The molecular weight excluding hydrogens is 446 g/mol. The van der Waals surface area contributed by atoms with Gasteiger partial charge in [0.25, 0.3) is 0 Å². The van der Waals surface area contributed by atoms with Gasteiger partial charge in [-0.15, -0.1) is 0 Å². The number of nitrogens with zero attached hydrogens (tertiary/aromatic N) is 1. The SMILES string of the molecule is C1COCCO1.CC1CCCCN1Cc1c(O)ccc2c1OC(=Cc1cc3ccccc3o1)C2=O. The maximum absolute atomic E-state index is 12.9. The maximum Gasteiger partial charge on any atom is 0.232 e. The Balaban J connectivity index is 0.000000371. The van der Waals surface area contributed by atoms with Crippen LogP contribution in [0.15, 0.2) is 52.6 Å². The number of ether oxygens (including phenoxy) is 3. The number of carbonyl (C=O) groups is 1. The number of para-hydroxylation sites is 1. The van der Waals surface area contributed by atoms with E-state index in [0.29, 0.717) is 35.2 Å². The summed E-state index contributed by atoms with van der Waals surface area (Å²) in [6.07, 6.45) is 5.16. The van der Waals surface area contributed by atoms with Crippen LogP contribution in [-0.2, 0) is 16.0 Å². The zero-order valence-corrected chi connectivity index (χ0v) is 20.0. The van der Waals surface area contributed by atoms with E-state index in [-0.39, 0.29) is 17.3 Å². The number of hydrogen-bond acceptors (Lipinski definition) is 7. The van der Waals surface area contributed by atoms with Gasteiger partial charge in [0, 0.05) is 24.0 Å². The number of fused-ring (bicyclic) bond motifs is 2. The zero-order chi connectivity index (χ0) is 24.2. The molecule has 3 aromatic rings. The van der Waals surface area contributed by atoms with E-state index in [9.17, 15) is 9.90 Å². The normalized spacial score (nSPS) is 21.5. The van der Waals surface area contributed by atoms with E-state index in [1.54, 1.807) is 18.2 Å². The topological polar surface area (TPSA) is 81.4 Å². The zero-order valence-electron chi connectivity index (χ0n) is 20.0. The van der Waals surface area contributed by atoms with Crippen molar-refractivity contribution < 1.29 is 28.5 Å². The summed E-state index contributed by atoms with van der Waals surface area (Å²) >= 11 is 0. The van der Waals surface area contributed by atoms with E-state index in [2.05, 4.69) is 11.8 Å². The minimum absolute atomic E-state index is 0.166. The number of phenols is 1. The largest absolute Gasteiger partial charge is 0.507 e. The van der Waals surface area contributed by atoms with Crippen molar-refractivity contribution in [3.63, 3.8) is 0 Å². The van der Waals surface area contributed by atoms with Crippen molar-refractivity contribution in [2.45, 2.75) is 38.8 Å². The van der Waals surface area contributed by atoms with E-state index in [1.165, 1.54) is 6.42 Å². The predicted octanol–water partition coefficient (Wildman–Crippen LogP) is 5.16. The summed E-state index contributed by atoms with van der Waals surface area (Å²) in [5, 5.41) is 11.5. The van der Waals surface area contributed by atoms with Crippen LogP contribution in [0.2, 0.25) is 0 Å². The highest BCUT2D eigenvalue weighted by atomic mass is 16.6. The van der Waals surface area contributed by atoms with Gasteiger partial charge >= 0.3 is 0 Å². The van der Waals surface area contributed by atoms with Gasteiger partial charge in [0.1, 0.15) is 22.8 Å². The third-order valence-electron chi connectivity index (χ3n) is 6.68. The fraction of sp³-hybridized carbons (Fsp3) is 0.393. The van der Waals surface area contributed by atoms with Crippen molar-refractivity contribution in [2.75, 3.05) is 33.0 Å². The minimum atomic E-state index is -0.187. The lowest BCUT2D eigenvalue weighted by molar-refractivity contribution is -0.0334. The number of rotatable bonds is 3. The molecule has 0 saturated carbocycles. The number of ketones is 1. The number of allylic oxidation sites excluding steroid dienone is 1. The molecule has 184 valence electrons. The highest BCUT2D eigenvalue weighted by Gasteiger charge is 2.32. The molecule has 0 spiro atoms. The van der Waals surface area contributed by atoms with Crippen LogP contribution >= 0.6 is 0 Å². The van der Waals surface area contributed by atoms with E-state index in [4.69, 9.17) is 18.6 Å². The number of furan rings is 1. The number of carbonyl (C=O) groups excluding carboxylic acids is 1. The highest BCUT2D eigenvalue weighted by molar-refractivity contribution is 6.15. The molecule has 1 N–H and O–H groups in total. The lowest BCUT2D eigenvalue weighted by atomic mass is 10.0. The first-order valence-corrected chi connectivity index (χ1v) is 12.3. The average molecular weight is 478 g/mol. The lowest BCUT2D eigenvalue weighted by Crippen LogP contribution is -2.36. The fourth-order valence-corrected chi connectivity index (χ4v) is 4.69. The molecule has 6 rings (SSSR count). The van der Waals surface area contributed by atoms with Gasteiger partial charge in [-0.1, -0.05) is 24.6 Å². The number of piperidine rings is 1. The van der Waals surface area contributed by atoms with Crippen molar-refractivity contribution in [1.29, 1.82) is 0 Å². The van der Waals surface area contributed by atoms with Gasteiger partial charge in [-0.2, -0.15) is 0 Å². The molecular formula is C28H31NO6. The van der Waals surface area contributed by atoms with Crippen LogP contribution < -0.4 is 4.74 Å². The molecule has 3 aliphatic heterocycles. The lowest BCUT2D eigenvalue weighted by Gasteiger charge is -2.33. The van der Waals surface area contributed by atoms with Gasteiger partial charge in [0.2, 0.25) is 5.78 Å². The monoisotopic (exact) mass is 477 g/mol. The predicted molar refractivity (Wildman–Crippen MR) is 133 cm³/mol. The van der Waals surface area contributed by atoms with Crippen molar-refractivity contribution in [2.24, 2.45) is 0 Å². The van der Waals surface area contributed by atoms with E-state index < -0.39 is 0 Å². The first-order valence-electron chi connectivity index (χ1n) is 12.3. The first-order chi connectivity index (χ1) is 17.1. The van der Waals surface area contributed by atoms with Gasteiger partial charge in [-0.05, 0) is 50.6 Å². The Kier molecular flexibility index (Phi) is 7.18. The Morgan fingerprint density at radius 1 is 1.06 bits per heavy atom. The number of phenolic OH excluding ortho intramolecular Hbond substituents is 1. The van der Waals surface area contributed by atoms with Gasteiger partial charge in [-0.3, -0.25) is 9.69 Å². The second-order valence-electron chi connectivity index (χ2n) is 9.11. The summed E-state index contributed by atoms with van der Waals surface area (Å²) in [6.45, 7) is 6.87. The molecule has 7 heteroatoms. The smallest absolute Gasteiger partial charge is 0.232 e. The second kappa shape index (κ2) is 10.6. The minimum Gasteiger partial charge on any atom is -0.507 e. The molecule has 3 aliphatic rings. The molecule has 0 radical (unpaired) electrons. The van der Waals surface area contributed by atoms with Gasteiger partial charge in [0.15, 0.2) is 5.76 Å². The van der Waals surface area contributed by atoms with E-state index in [0.717, 1.165) is 56.8 Å². The Labute approximate surface area is 204 Å². The standard InChI is InChI=1S/C24H23NO4.C4H8O2/c1-15-6-4-5-11-25(15)14-19-20(26)10-9-18-23(27)22(29-24(18)19)13-17-12-16-7-2-3-8-21(16)28-17;1-2-6-4-3-5-1/h2-3,7-10,12-13,15,26H,4-6,11,14H2,1H3;1-4H2. The Bertz CT molecular complexity index is 1180. The molecule has 1 aromatic heterocycles. The number of hydrogen-bond donors (Lipinski definition) is 1. The second-order valence-corrected chi connectivity index (χ2v) is 9.11. The molecule has 2 saturated heterocycles. The summed E-state index contributed by atoms with van der Waals surface area (Å²) < 4.78 is 21.7. The van der Waals surface area contributed by atoms with Crippen LogP contribution in [-0.4, -0.2) is 54.8 Å². The average Bonchev–Trinajstić information content (AvgIpc) is 3.44. The van der Waals surface area contributed by atoms with Gasteiger partial charge in [-0.25, -0.2) is 0 Å². The maximum atomic E-state index is 12.9. The van der Waals surface area contributed by atoms with Crippen molar-refractivity contribution in [3.05, 3.63) is 65.1 Å². The molecule has 4 heterocycles. The molecule has 1 atom stereocenters. The number of likely N-dealkylation sites (tertiary alicyclic amines) is 1. The number of aromatic hydroxyl groups is 1. The molecule has 2 fully saturated rings. The van der Waals surface area contributed by atoms with Crippen LogP contribution in [0, 0.1) is 0 Å². The van der Waals surface area contributed by atoms with Crippen LogP contribution in [0.1, 0.15) is 47.9 Å². The van der Waals surface area contributed by atoms with Crippen LogP contribution in [0.25, 0.3) is 17.0 Å². The Morgan fingerprint density at radius 3 is 2.54 bits per heavy atom. The molecule has 2 aromatic carbocycles. The summed E-state index contributed by atoms with van der Waals surface area (Å²) in [5.74, 6) is 1.23. The molecule has 1 unspecified atom stereocenters. The summed E-state index contributed by atoms with van der Waals surface area (Å²) in [5.41, 5.74) is 1.93. The third-order valence-corrected chi connectivity index (χ3v) is 6.68. The molecule has 0 bridgehead atoms. The van der Waals surface area contributed by atoms with Crippen molar-refractivity contribution in [1.82, 2.24) is 4.90 Å². The number of Topliss-reactive ketones (excluding diaryl/α,β-unsaturated/α-hetero) is 1. The highest BCUT2D eigenvalue weighted by Crippen LogP contribution is 2.41. The van der Waals surface area contributed by atoms with Gasteiger partial charge in [0.05, 0.1) is 37.6 Å². The van der Waals surface area contributed by atoms with Crippen LogP contribution in [0.3, 0.4) is 0 Å². The Hall–Kier alpha value is -3.13. The van der Waals surface area contributed by atoms with E-state index in [1.807, 2.05) is 30.3 Å². The molecule has 0 amide bonds. The van der Waals surface area contributed by atoms with Crippen LogP contribution in [0.5, 0.6) is 11.5 Å².